The predicted octanol–water partition coefficient (Wildman–Crippen LogP) is 0.862. The lowest BCUT2D eigenvalue weighted by Gasteiger charge is -2.31. The van der Waals surface area contributed by atoms with Crippen LogP contribution in [0.3, 0.4) is 0 Å². The fraction of sp³-hybridized carbons (Fsp3) is 0.500. The number of hydrogen-bond acceptors (Lipinski definition) is 4. The maximum absolute atomic E-state index is 13.8. The van der Waals surface area contributed by atoms with Crippen molar-refractivity contribution < 1.29 is 22.0 Å². The molecule has 3 N–H and O–H groups in total. The van der Waals surface area contributed by atoms with Crippen molar-refractivity contribution in [2.75, 3.05) is 26.2 Å². The van der Waals surface area contributed by atoms with Gasteiger partial charge >= 0.3 is 0 Å². The van der Waals surface area contributed by atoms with Crippen LogP contribution in [0.1, 0.15) is 12.8 Å². The monoisotopic (exact) mass is 383 g/mol. The number of hydrogen-bond donors (Lipinski definition) is 2. The van der Waals surface area contributed by atoms with E-state index < -0.39 is 32.5 Å². The Kier molecular flexibility index (Phi) is 7.53. The van der Waals surface area contributed by atoms with E-state index in [9.17, 15) is 22.0 Å². The van der Waals surface area contributed by atoms with Crippen molar-refractivity contribution in [3.05, 3.63) is 29.8 Å². The van der Waals surface area contributed by atoms with E-state index in [0.717, 1.165) is 22.5 Å². The van der Waals surface area contributed by atoms with Crippen molar-refractivity contribution in [1.82, 2.24) is 9.62 Å². The third-order valence-corrected chi connectivity index (χ3v) is 5.62. The first kappa shape index (κ1) is 20.8. The van der Waals surface area contributed by atoms with Crippen LogP contribution >= 0.6 is 12.4 Å². The van der Waals surface area contributed by atoms with Gasteiger partial charge in [0.15, 0.2) is 11.6 Å². The fourth-order valence-corrected chi connectivity index (χ4v) is 4.14. The van der Waals surface area contributed by atoms with Gasteiger partial charge in [0, 0.05) is 26.2 Å². The summed E-state index contributed by atoms with van der Waals surface area (Å²) < 4.78 is 53.1. The van der Waals surface area contributed by atoms with E-state index in [1.165, 1.54) is 0 Å². The fourth-order valence-electron chi connectivity index (χ4n) is 2.54. The second kappa shape index (κ2) is 8.70. The molecule has 136 valence electrons. The van der Waals surface area contributed by atoms with Crippen LogP contribution in [0, 0.1) is 17.6 Å². The molecule has 24 heavy (non-hydrogen) atoms. The van der Waals surface area contributed by atoms with Crippen LogP contribution in [0.2, 0.25) is 0 Å². The summed E-state index contributed by atoms with van der Waals surface area (Å²) in [6.45, 7) is 0.698. The molecular formula is C14H20ClF2N3O3S. The molecule has 0 spiro atoms. The molecule has 0 aliphatic carbocycles. The van der Waals surface area contributed by atoms with Crippen LogP contribution in [0.15, 0.2) is 23.1 Å². The molecule has 10 heteroatoms. The van der Waals surface area contributed by atoms with E-state index in [2.05, 4.69) is 5.32 Å². The highest BCUT2D eigenvalue weighted by Crippen LogP contribution is 2.26. The largest absolute Gasteiger partial charge is 0.355 e. The van der Waals surface area contributed by atoms with Crippen LogP contribution in [-0.4, -0.2) is 44.8 Å². The molecule has 1 saturated heterocycles. The topological polar surface area (TPSA) is 92.5 Å². The SMILES string of the molecule is Cl.NCCNC(=O)C1CCCN(S(=O)(=O)c2cccc(F)c2F)C1. The lowest BCUT2D eigenvalue weighted by Crippen LogP contribution is -2.46. The van der Waals surface area contributed by atoms with Crippen molar-refractivity contribution in [2.45, 2.75) is 17.7 Å². The lowest BCUT2D eigenvalue weighted by atomic mass is 9.99. The molecule has 1 amide bonds. The van der Waals surface area contributed by atoms with Gasteiger partial charge in [-0.25, -0.2) is 17.2 Å². The van der Waals surface area contributed by atoms with Gasteiger partial charge in [-0.15, -0.1) is 12.4 Å². The third-order valence-electron chi connectivity index (χ3n) is 3.73. The van der Waals surface area contributed by atoms with Crippen LogP contribution in [0.25, 0.3) is 0 Å². The van der Waals surface area contributed by atoms with Gasteiger partial charge in [-0.1, -0.05) is 6.07 Å². The number of sulfonamides is 1. The van der Waals surface area contributed by atoms with E-state index in [1.807, 2.05) is 0 Å². The Hall–Kier alpha value is -1.29. The van der Waals surface area contributed by atoms with Crippen molar-refractivity contribution >= 4 is 28.3 Å². The summed E-state index contributed by atoms with van der Waals surface area (Å²) in [7, 11) is -4.19. The number of rotatable bonds is 5. The number of nitrogens with zero attached hydrogens (tertiary/aromatic N) is 1. The minimum atomic E-state index is -4.19. The summed E-state index contributed by atoms with van der Waals surface area (Å²) in [5.41, 5.74) is 5.31. The van der Waals surface area contributed by atoms with Gasteiger partial charge in [0.05, 0.1) is 5.92 Å². The average molecular weight is 384 g/mol. The molecule has 1 aromatic carbocycles. The quantitative estimate of drug-likeness (QED) is 0.788. The first-order valence-corrected chi connectivity index (χ1v) is 8.74. The van der Waals surface area contributed by atoms with E-state index in [0.29, 0.717) is 19.4 Å². The normalized spacial score (nSPS) is 18.7. The van der Waals surface area contributed by atoms with Crippen molar-refractivity contribution in [1.29, 1.82) is 0 Å². The first-order chi connectivity index (χ1) is 10.9. The van der Waals surface area contributed by atoms with Gasteiger partial charge in [0.2, 0.25) is 15.9 Å². The van der Waals surface area contributed by atoms with Gasteiger partial charge in [-0.2, -0.15) is 4.31 Å². The van der Waals surface area contributed by atoms with Crippen LogP contribution < -0.4 is 11.1 Å². The van der Waals surface area contributed by atoms with Gasteiger partial charge in [-0.05, 0) is 25.0 Å². The zero-order chi connectivity index (χ0) is 17.0. The molecule has 1 fully saturated rings. The smallest absolute Gasteiger partial charge is 0.246 e. The van der Waals surface area contributed by atoms with Crippen LogP contribution in [0.5, 0.6) is 0 Å². The molecule has 1 unspecified atom stereocenters. The highest BCUT2D eigenvalue weighted by Gasteiger charge is 2.35. The maximum atomic E-state index is 13.8. The molecule has 0 bridgehead atoms. The molecule has 0 aromatic heterocycles. The van der Waals surface area contributed by atoms with Crippen LogP contribution in [0.4, 0.5) is 8.78 Å². The number of halogens is 3. The third kappa shape index (κ3) is 4.41. The van der Waals surface area contributed by atoms with E-state index in [1.54, 1.807) is 0 Å². The molecule has 1 aromatic rings. The Morgan fingerprint density at radius 3 is 2.75 bits per heavy atom. The summed E-state index contributed by atoms with van der Waals surface area (Å²) in [6.07, 6.45) is 1.00. The number of carbonyl (C=O) groups is 1. The molecule has 1 atom stereocenters. The van der Waals surface area contributed by atoms with E-state index in [4.69, 9.17) is 5.73 Å². The second-order valence-electron chi connectivity index (χ2n) is 5.33. The number of benzene rings is 1. The number of piperidine rings is 1. The molecule has 0 saturated carbocycles. The van der Waals surface area contributed by atoms with E-state index >= 15 is 0 Å². The molecule has 2 rings (SSSR count). The molecule has 1 heterocycles. The molecule has 0 radical (unpaired) electrons. The highest BCUT2D eigenvalue weighted by molar-refractivity contribution is 7.89. The Labute approximate surface area is 145 Å². The van der Waals surface area contributed by atoms with Crippen molar-refractivity contribution in [3.8, 4) is 0 Å². The summed E-state index contributed by atoms with van der Waals surface area (Å²) >= 11 is 0. The number of carbonyl (C=O) groups excluding carboxylic acids is 1. The Morgan fingerprint density at radius 1 is 1.38 bits per heavy atom. The van der Waals surface area contributed by atoms with Crippen molar-refractivity contribution in [3.63, 3.8) is 0 Å². The standard InChI is InChI=1S/C14H19F2N3O3S.ClH/c15-11-4-1-5-12(13(11)16)23(21,22)19-8-2-3-10(9-19)14(20)18-7-6-17;/h1,4-5,10H,2-3,6-9,17H2,(H,18,20);1H. The zero-order valence-corrected chi connectivity index (χ0v) is 14.5. The molecule has 6 nitrogen and oxygen atoms in total. The first-order valence-electron chi connectivity index (χ1n) is 7.30. The maximum Gasteiger partial charge on any atom is 0.246 e. The van der Waals surface area contributed by atoms with E-state index in [-0.39, 0.29) is 37.9 Å². The summed E-state index contributed by atoms with van der Waals surface area (Å²) in [5.74, 6) is -3.43. The lowest BCUT2D eigenvalue weighted by molar-refractivity contribution is -0.126. The molecular weight excluding hydrogens is 364 g/mol. The average Bonchev–Trinajstić information content (AvgIpc) is 2.55. The highest BCUT2D eigenvalue weighted by atomic mass is 35.5. The summed E-state index contributed by atoms with van der Waals surface area (Å²) in [6, 6.07) is 3.01. The van der Waals surface area contributed by atoms with Gasteiger partial charge in [-0.3, -0.25) is 4.79 Å². The second-order valence-corrected chi connectivity index (χ2v) is 7.24. The number of nitrogens with two attached hydrogens (primary N) is 1. The van der Waals surface area contributed by atoms with Crippen LogP contribution in [-0.2, 0) is 14.8 Å². The van der Waals surface area contributed by atoms with Gasteiger partial charge < -0.3 is 11.1 Å². The zero-order valence-electron chi connectivity index (χ0n) is 12.9. The van der Waals surface area contributed by atoms with Gasteiger partial charge in [0.25, 0.3) is 0 Å². The van der Waals surface area contributed by atoms with Gasteiger partial charge in [0.1, 0.15) is 4.90 Å². The minimum absolute atomic E-state index is 0. The van der Waals surface area contributed by atoms with Crippen molar-refractivity contribution in [2.24, 2.45) is 11.7 Å². The number of nitrogens with one attached hydrogen (secondary N) is 1. The minimum Gasteiger partial charge on any atom is -0.355 e. The Balaban J connectivity index is 0.00000288. The molecule has 1 aliphatic rings. The summed E-state index contributed by atoms with van der Waals surface area (Å²) in [4.78, 5) is 11.3. The predicted molar refractivity (Wildman–Crippen MR) is 87.2 cm³/mol. The molecule has 1 aliphatic heterocycles. The Bertz CT molecular complexity index is 688. The number of amides is 1. The summed E-state index contributed by atoms with van der Waals surface area (Å²) in [5, 5.41) is 2.61. The Morgan fingerprint density at radius 2 is 2.08 bits per heavy atom.